The molecule has 4 rings (SSSR count). The highest BCUT2D eigenvalue weighted by molar-refractivity contribution is 5.97. The van der Waals surface area contributed by atoms with Crippen molar-refractivity contribution in [2.45, 2.75) is 26.3 Å². The molecule has 5 nitrogen and oxygen atoms in total. The van der Waals surface area contributed by atoms with Crippen molar-refractivity contribution in [3.8, 4) is 0 Å². The number of aromatic nitrogens is 1. The first kappa shape index (κ1) is 18.6. The molecule has 1 unspecified atom stereocenters. The molecule has 138 valence electrons. The molecule has 0 saturated heterocycles. The molecule has 0 bridgehead atoms. The normalized spacial score (nSPS) is 15.5. The van der Waals surface area contributed by atoms with Crippen LogP contribution >= 0.6 is 0 Å². The first-order valence-electron chi connectivity index (χ1n) is 8.93. The molecule has 0 amide bonds. The molecule has 27 heavy (non-hydrogen) atoms. The Morgan fingerprint density at radius 2 is 1.85 bits per heavy atom. The number of hydrogen-bond donors (Lipinski definition) is 0. The average Bonchev–Trinajstić information content (AvgIpc) is 2.96. The van der Waals surface area contributed by atoms with Gasteiger partial charge in [-0.1, -0.05) is 30.3 Å². The number of carbonyl (C=O) groups is 1. The van der Waals surface area contributed by atoms with Crippen LogP contribution in [0, 0.1) is 0 Å². The molecule has 1 aliphatic rings. The molecule has 0 spiro atoms. The minimum Gasteiger partial charge on any atom is -0.550 e. The highest BCUT2D eigenvalue weighted by atomic mass is 16.4. The summed E-state index contributed by atoms with van der Waals surface area (Å²) >= 11 is 0. The lowest BCUT2D eigenvalue weighted by molar-refractivity contribution is -0.644. The minimum atomic E-state index is -1.08. The van der Waals surface area contributed by atoms with Gasteiger partial charge >= 0.3 is 0 Å². The summed E-state index contributed by atoms with van der Waals surface area (Å²) in [5.41, 5.74) is 4.96. The molecule has 0 radical (unpaired) electrons. The monoisotopic (exact) mass is 361 g/mol. The van der Waals surface area contributed by atoms with Crippen molar-refractivity contribution in [1.82, 2.24) is 0 Å². The van der Waals surface area contributed by atoms with E-state index in [0.29, 0.717) is 6.04 Å². The fourth-order valence-electron chi connectivity index (χ4n) is 3.35. The van der Waals surface area contributed by atoms with Crippen LogP contribution in [-0.2, 0) is 18.3 Å². The number of carboxylic acid groups (broad SMARTS) is 1. The number of nitrogens with zero attached hydrogens (tertiary/aromatic N) is 3. The van der Waals surface area contributed by atoms with Gasteiger partial charge in [-0.25, -0.2) is 4.57 Å². The molecule has 0 saturated carbocycles. The molecule has 1 aliphatic heterocycles. The largest absolute Gasteiger partial charge is 0.550 e. The number of benzene rings is 2. The second-order valence-corrected chi connectivity index (χ2v) is 6.66. The van der Waals surface area contributed by atoms with E-state index in [1.807, 2.05) is 6.21 Å². The van der Waals surface area contributed by atoms with Gasteiger partial charge in [-0.05, 0) is 38.0 Å². The number of carboxylic acids is 1. The third-order valence-corrected chi connectivity index (χ3v) is 4.57. The van der Waals surface area contributed by atoms with Crippen LogP contribution in [0.5, 0.6) is 0 Å². The van der Waals surface area contributed by atoms with Crippen LogP contribution in [0.2, 0.25) is 0 Å². The molecule has 3 aromatic rings. The number of aryl methyl sites for hydroxylation is 1. The maximum atomic E-state index is 8.89. The molecule has 0 N–H and O–H groups in total. The number of hydrazone groups is 1. The molecule has 2 heterocycles. The Balaban J connectivity index is 0.000000481. The van der Waals surface area contributed by atoms with Gasteiger partial charge in [0.2, 0.25) is 5.52 Å². The second kappa shape index (κ2) is 7.99. The number of aliphatic carboxylic acids is 1. The van der Waals surface area contributed by atoms with E-state index in [0.717, 1.165) is 18.9 Å². The Bertz CT molecular complexity index is 994. The Morgan fingerprint density at radius 3 is 2.63 bits per heavy atom. The van der Waals surface area contributed by atoms with Gasteiger partial charge in [-0.3, -0.25) is 5.01 Å². The SMILES string of the molecule is CC(=O)[O-].CC1Cc2ccccc2N1N=Cc1cc[n+](C)c2ccccc12. The number of carbonyl (C=O) groups excluding carboxylic acids is 1. The maximum Gasteiger partial charge on any atom is 0.212 e. The second-order valence-electron chi connectivity index (χ2n) is 6.66. The van der Waals surface area contributed by atoms with Crippen LogP contribution in [0.4, 0.5) is 5.69 Å². The molecule has 2 aromatic carbocycles. The summed E-state index contributed by atoms with van der Waals surface area (Å²) in [6.45, 7) is 3.19. The Morgan fingerprint density at radius 1 is 1.19 bits per heavy atom. The number of rotatable bonds is 2. The number of hydrogen-bond acceptors (Lipinski definition) is 4. The zero-order chi connectivity index (χ0) is 19.4. The first-order chi connectivity index (χ1) is 13.0. The lowest BCUT2D eigenvalue weighted by atomic mass is 10.1. The van der Waals surface area contributed by atoms with Crippen molar-refractivity contribution >= 4 is 28.8 Å². The van der Waals surface area contributed by atoms with Crippen molar-refractivity contribution in [3.63, 3.8) is 0 Å². The molecular formula is C22H23N3O2. The van der Waals surface area contributed by atoms with Gasteiger partial charge in [0.15, 0.2) is 6.20 Å². The number of pyridine rings is 1. The Hall–Kier alpha value is -3.21. The van der Waals surface area contributed by atoms with E-state index in [1.165, 1.54) is 22.2 Å². The molecule has 0 aliphatic carbocycles. The van der Waals surface area contributed by atoms with Gasteiger partial charge in [0.25, 0.3) is 0 Å². The zero-order valence-corrected chi connectivity index (χ0v) is 15.8. The van der Waals surface area contributed by atoms with Crippen LogP contribution in [0.3, 0.4) is 0 Å². The number of fused-ring (bicyclic) bond motifs is 2. The Labute approximate surface area is 159 Å². The average molecular weight is 361 g/mol. The van der Waals surface area contributed by atoms with E-state index in [4.69, 9.17) is 15.0 Å². The van der Waals surface area contributed by atoms with Crippen LogP contribution in [-0.4, -0.2) is 18.2 Å². The van der Waals surface area contributed by atoms with E-state index >= 15 is 0 Å². The van der Waals surface area contributed by atoms with Gasteiger partial charge in [0, 0.05) is 23.7 Å². The van der Waals surface area contributed by atoms with E-state index in [9.17, 15) is 0 Å². The molecule has 1 atom stereocenters. The summed E-state index contributed by atoms with van der Waals surface area (Å²) in [7, 11) is 2.07. The van der Waals surface area contributed by atoms with E-state index in [1.54, 1.807) is 0 Å². The zero-order valence-electron chi connectivity index (χ0n) is 15.8. The number of para-hydroxylation sites is 2. The highest BCUT2D eigenvalue weighted by Gasteiger charge is 2.24. The van der Waals surface area contributed by atoms with Crippen molar-refractivity contribution < 1.29 is 14.5 Å². The van der Waals surface area contributed by atoms with Gasteiger partial charge in [0.1, 0.15) is 7.05 Å². The van der Waals surface area contributed by atoms with Crippen LogP contribution in [0.25, 0.3) is 10.9 Å². The highest BCUT2D eigenvalue weighted by Crippen LogP contribution is 2.31. The van der Waals surface area contributed by atoms with Crippen molar-refractivity contribution in [2.75, 3.05) is 5.01 Å². The molecule has 5 heteroatoms. The van der Waals surface area contributed by atoms with Crippen LogP contribution < -0.4 is 14.7 Å². The first-order valence-corrected chi connectivity index (χ1v) is 8.93. The summed E-state index contributed by atoms with van der Waals surface area (Å²) in [6.07, 6.45) is 5.13. The molecular weight excluding hydrogens is 338 g/mol. The van der Waals surface area contributed by atoms with Crippen LogP contribution in [0.15, 0.2) is 65.9 Å². The Kier molecular flexibility index (Phi) is 5.50. The van der Waals surface area contributed by atoms with Crippen LogP contribution in [0.1, 0.15) is 25.0 Å². The summed E-state index contributed by atoms with van der Waals surface area (Å²) in [4.78, 5) is 8.89. The standard InChI is InChI=1S/C20H20N3.C2H4O2/c1-15-13-16-7-3-5-9-19(16)23(15)21-14-17-11-12-22(2)20-10-6-4-8-18(17)20;1-2(3)4/h3-12,14-15H,13H2,1-2H3;1H3,(H,3,4)/q+1;/p-1. The minimum absolute atomic E-state index is 0.398. The van der Waals surface area contributed by atoms with E-state index in [2.05, 4.69) is 84.3 Å². The quantitative estimate of drug-likeness (QED) is 0.519. The third-order valence-electron chi connectivity index (χ3n) is 4.57. The summed E-state index contributed by atoms with van der Waals surface area (Å²) in [5, 5.41) is 17.0. The molecule has 0 fully saturated rings. The summed E-state index contributed by atoms with van der Waals surface area (Å²) < 4.78 is 2.14. The predicted octanol–water partition coefficient (Wildman–Crippen LogP) is 2.21. The number of anilines is 1. The summed E-state index contributed by atoms with van der Waals surface area (Å²) in [6, 6.07) is 19.5. The lowest BCUT2D eigenvalue weighted by Crippen LogP contribution is -2.28. The predicted molar refractivity (Wildman–Crippen MR) is 105 cm³/mol. The fourth-order valence-corrected chi connectivity index (χ4v) is 3.35. The topological polar surface area (TPSA) is 59.6 Å². The van der Waals surface area contributed by atoms with Crippen molar-refractivity contribution in [1.29, 1.82) is 0 Å². The fraction of sp³-hybridized carbons (Fsp3) is 0.227. The van der Waals surface area contributed by atoms with Gasteiger partial charge in [0.05, 0.1) is 23.3 Å². The van der Waals surface area contributed by atoms with E-state index in [-0.39, 0.29) is 0 Å². The lowest BCUT2D eigenvalue weighted by Gasteiger charge is -2.18. The van der Waals surface area contributed by atoms with Crippen molar-refractivity contribution in [3.05, 3.63) is 71.9 Å². The summed E-state index contributed by atoms with van der Waals surface area (Å²) in [5.74, 6) is -1.08. The van der Waals surface area contributed by atoms with Gasteiger partial charge < -0.3 is 9.90 Å². The van der Waals surface area contributed by atoms with E-state index < -0.39 is 5.97 Å². The van der Waals surface area contributed by atoms with Crippen molar-refractivity contribution in [2.24, 2.45) is 12.1 Å². The maximum absolute atomic E-state index is 8.89. The smallest absolute Gasteiger partial charge is 0.212 e. The molecule has 1 aromatic heterocycles. The van der Waals surface area contributed by atoms with Gasteiger partial charge in [-0.15, -0.1) is 0 Å². The third kappa shape index (κ3) is 4.14. The van der Waals surface area contributed by atoms with Gasteiger partial charge in [-0.2, -0.15) is 5.10 Å².